The molecule has 126 valence electrons. The second-order valence-corrected chi connectivity index (χ2v) is 6.49. The summed E-state index contributed by atoms with van der Waals surface area (Å²) in [6, 6.07) is 7.94. The van der Waals surface area contributed by atoms with Crippen molar-refractivity contribution in [3.63, 3.8) is 0 Å². The van der Waals surface area contributed by atoms with Crippen molar-refractivity contribution in [3.8, 4) is 0 Å². The Bertz CT molecular complexity index is 548. The summed E-state index contributed by atoms with van der Waals surface area (Å²) in [4.78, 5) is 20.6. The molecular weight excluding hydrogens is 312 g/mol. The highest BCUT2D eigenvalue weighted by Crippen LogP contribution is 2.21. The molecule has 0 radical (unpaired) electrons. The Kier molecular flexibility index (Phi) is 6.28. The number of piperazine rings is 1. The highest BCUT2D eigenvalue weighted by molar-refractivity contribution is 6.28. The van der Waals surface area contributed by atoms with Crippen molar-refractivity contribution in [1.29, 1.82) is 0 Å². The number of rotatable bonds is 5. The number of nitrogens with two attached hydrogens (primary N) is 1. The molecule has 1 aromatic rings. The van der Waals surface area contributed by atoms with Crippen LogP contribution in [0.2, 0.25) is 0 Å². The molecule has 6 heteroatoms. The maximum absolute atomic E-state index is 12.1. The molecule has 1 heterocycles. The second-order valence-electron chi connectivity index (χ2n) is 6.22. The summed E-state index contributed by atoms with van der Waals surface area (Å²) in [5, 5.41) is 0. The average Bonchev–Trinajstić information content (AvgIpc) is 2.55. The predicted molar refractivity (Wildman–Crippen MR) is 96.7 cm³/mol. The predicted octanol–water partition coefficient (Wildman–Crippen LogP) is 2.61. The topological polar surface area (TPSA) is 61.9 Å². The number of hydrogen-bond acceptors (Lipinski definition) is 3. The van der Waals surface area contributed by atoms with Gasteiger partial charge in [0.15, 0.2) is 0 Å². The zero-order valence-electron chi connectivity index (χ0n) is 13.8. The van der Waals surface area contributed by atoms with Crippen molar-refractivity contribution in [1.82, 2.24) is 4.90 Å². The first-order valence-electron chi connectivity index (χ1n) is 8.01. The number of carbonyl (C=O) groups excluding carboxylic acids is 1. The van der Waals surface area contributed by atoms with E-state index in [9.17, 15) is 4.79 Å². The van der Waals surface area contributed by atoms with Crippen molar-refractivity contribution in [2.45, 2.75) is 20.3 Å². The van der Waals surface area contributed by atoms with Gasteiger partial charge in [0, 0.05) is 38.3 Å². The van der Waals surface area contributed by atoms with Crippen molar-refractivity contribution >= 4 is 34.7 Å². The molecule has 1 aromatic carbocycles. The Morgan fingerprint density at radius 2 is 1.83 bits per heavy atom. The minimum atomic E-state index is 0.230. The lowest BCUT2D eigenvalue weighted by Crippen LogP contribution is -2.49. The van der Waals surface area contributed by atoms with Crippen LogP contribution in [0.3, 0.4) is 0 Å². The van der Waals surface area contributed by atoms with Gasteiger partial charge in [-0.05, 0) is 30.2 Å². The van der Waals surface area contributed by atoms with Crippen LogP contribution in [0, 0.1) is 5.92 Å². The number of amides is 1. The molecule has 2 rings (SSSR count). The van der Waals surface area contributed by atoms with Gasteiger partial charge in [-0.1, -0.05) is 13.8 Å². The van der Waals surface area contributed by atoms with Crippen LogP contribution in [0.4, 0.5) is 11.4 Å². The van der Waals surface area contributed by atoms with Crippen LogP contribution in [0.5, 0.6) is 0 Å². The summed E-state index contributed by atoms with van der Waals surface area (Å²) in [6.07, 6.45) is 0.634. The van der Waals surface area contributed by atoms with Crippen LogP contribution >= 0.6 is 11.6 Å². The number of alkyl halides is 1. The van der Waals surface area contributed by atoms with Crippen LogP contribution in [-0.4, -0.2) is 48.7 Å². The molecule has 1 amide bonds. The van der Waals surface area contributed by atoms with Gasteiger partial charge in [-0.2, -0.15) is 0 Å². The number of carbonyl (C=O) groups is 1. The SMILES string of the molecule is CC(C)CC(=O)N1CCN(c2ccc(N=C(N)CCl)cc2)CC1. The van der Waals surface area contributed by atoms with Gasteiger partial charge in [-0.3, -0.25) is 4.79 Å². The number of halogens is 1. The van der Waals surface area contributed by atoms with Gasteiger partial charge in [0.25, 0.3) is 0 Å². The van der Waals surface area contributed by atoms with E-state index >= 15 is 0 Å². The molecular formula is C17H25ClN4O. The van der Waals surface area contributed by atoms with Gasteiger partial charge in [0.2, 0.25) is 5.91 Å². The van der Waals surface area contributed by atoms with E-state index in [1.165, 1.54) is 0 Å². The summed E-state index contributed by atoms with van der Waals surface area (Å²) in [5.41, 5.74) is 7.58. The van der Waals surface area contributed by atoms with E-state index < -0.39 is 0 Å². The Labute approximate surface area is 143 Å². The summed E-state index contributed by atoms with van der Waals surface area (Å²) in [5.74, 6) is 1.32. The first kappa shape index (κ1) is 17.6. The Morgan fingerprint density at radius 3 is 2.35 bits per heavy atom. The fraction of sp³-hybridized carbons (Fsp3) is 0.529. The van der Waals surface area contributed by atoms with Crippen LogP contribution in [0.15, 0.2) is 29.3 Å². The largest absolute Gasteiger partial charge is 0.386 e. The quantitative estimate of drug-likeness (QED) is 0.511. The first-order chi connectivity index (χ1) is 11.0. The van der Waals surface area contributed by atoms with Crippen molar-refractivity contribution < 1.29 is 4.79 Å². The lowest BCUT2D eigenvalue weighted by atomic mass is 10.1. The zero-order chi connectivity index (χ0) is 16.8. The van der Waals surface area contributed by atoms with Gasteiger partial charge in [0.05, 0.1) is 11.6 Å². The molecule has 1 aliphatic rings. The van der Waals surface area contributed by atoms with E-state index in [0.717, 1.165) is 37.6 Å². The van der Waals surface area contributed by atoms with E-state index in [2.05, 4.69) is 23.7 Å². The summed E-state index contributed by atoms with van der Waals surface area (Å²) in [7, 11) is 0. The molecule has 0 aliphatic carbocycles. The van der Waals surface area contributed by atoms with Crippen LogP contribution in [-0.2, 0) is 4.79 Å². The minimum Gasteiger partial charge on any atom is -0.386 e. The molecule has 2 N–H and O–H groups in total. The highest BCUT2D eigenvalue weighted by Gasteiger charge is 2.21. The van der Waals surface area contributed by atoms with Gasteiger partial charge in [0.1, 0.15) is 5.84 Å². The molecule has 0 atom stereocenters. The maximum Gasteiger partial charge on any atom is 0.222 e. The maximum atomic E-state index is 12.1. The van der Waals surface area contributed by atoms with Crippen molar-refractivity contribution in [2.75, 3.05) is 37.0 Å². The van der Waals surface area contributed by atoms with Crippen molar-refractivity contribution in [3.05, 3.63) is 24.3 Å². The molecule has 0 aromatic heterocycles. The lowest BCUT2D eigenvalue weighted by Gasteiger charge is -2.36. The molecule has 0 unspecified atom stereocenters. The van der Waals surface area contributed by atoms with Crippen molar-refractivity contribution in [2.24, 2.45) is 16.6 Å². The van der Waals surface area contributed by atoms with Crippen LogP contribution in [0.25, 0.3) is 0 Å². The Morgan fingerprint density at radius 1 is 1.22 bits per heavy atom. The third-order valence-electron chi connectivity index (χ3n) is 3.84. The third-order valence-corrected chi connectivity index (χ3v) is 4.11. The highest BCUT2D eigenvalue weighted by atomic mass is 35.5. The molecule has 0 spiro atoms. The lowest BCUT2D eigenvalue weighted by molar-refractivity contribution is -0.132. The second kappa shape index (κ2) is 8.20. The fourth-order valence-electron chi connectivity index (χ4n) is 2.63. The van der Waals surface area contributed by atoms with Gasteiger partial charge < -0.3 is 15.5 Å². The van der Waals surface area contributed by atoms with E-state index in [4.69, 9.17) is 17.3 Å². The Hall–Kier alpha value is -1.75. The van der Waals surface area contributed by atoms with Gasteiger partial charge >= 0.3 is 0 Å². The number of amidine groups is 1. The van der Waals surface area contributed by atoms with E-state index in [0.29, 0.717) is 18.2 Å². The Balaban J connectivity index is 1.91. The van der Waals surface area contributed by atoms with Crippen LogP contribution < -0.4 is 10.6 Å². The number of anilines is 1. The number of aliphatic imine (C=N–C) groups is 1. The average molecular weight is 337 g/mol. The summed E-state index contributed by atoms with van der Waals surface area (Å²) < 4.78 is 0. The van der Waals surface area contributed by atoms with Crippen LogP contribution in [0.1, 0.15) is 20.3 Å². The smallest absolute Gasteiger partial charge is 0.222 e. The third kappa shape index (κ3) is 5.13. The fourth-order valence-corrected chi connectivity index (χ4v) is 2.69. The van der Waals surface area contributed by atoms with E-state index in [-0.39, 0.29) is 11.8 Å². The van der Waals surface area contributed by atoms with E-state index in [1.54, 1.807) is 0 Å². The monoisotopic (exact) mass is 336 g/mol. The molecule has 1 saturated heterocycles. The molecule has 23 heavy (non-hydrogen) atoms. The number of hydrogen-bond donors (Lipinski definition) is 1. The summed E-state index contributed by atoms with van der Waals surface area (Å²) >= 11 is 5.63. The molecule has 0 bridgehead atoms. The number of benzene rings is 1. The first-order valence-corrected chi connectivity index (χ1v) is 8.55. The van der Waals surface area contributed by atoms with Gasteiger partial charge in [-0.25, -0.2) is 4.99 Å². The van der Waals surface area contributed by atoms with E-state index in [1.807, 2.05) is 29.2 Å². The zero-order valence-corrected chi connectivity index (χ0v) is 14.6. The molecule has 5 nitrogen and oxygen atoms in total. The number of nitrogens with zero attached hydrogens (tertiary/aromatic N) is 3. The molecule has 0 saturated carbocycles. The minimum absolute atomic E-state index is 0.230. The van der Waals surface area contributed by atoms with Gasteiger partial charge in [-0.15, -0.1) is 11.6 Å². The molecule has 1 aliphatic heterocycles. The standard InChI is InChI=1S/C17H25ClN4O/c1-13(2)11-17(23)22-9-7-21(8-10-22)15-5-3-14(4-6-15)20-16(19)12-18/h3-6,13H,7-12H2,1-2H3,(H2,19,20). The normalized spacial score (nSPS) is 16.1. The molecule has 1 fully saturated rings. The summed E-state index contributed by atoms with van der Waals surface area (Å²) in [6.45, 7) is 7.44.